The quantitative estimate of drug-likeness (QED) is 0.547. The van der Waals surface area contributed by atoms with E-state index < -0.39 is 0 Å². The molecule has 0 bridgehead atoms. The predicted molar refractivity (Wildman–Crippen MR) is 49.6 cm³/mol. The summed E-state index contributed by atoms with van der Waals surface area (Å²) < 4.78 is 0. The van der Waals surface area contributed by atoms with Crippen LogP contribution in [0.5, 0.6) is 0 Å². The van der Waals surface area contributed by atoms with Gasteiger partial charge in [0.2, 0.25) is 5.91 Å². The first kappa shape index (κ1) is 11.4. The first-order valence-corrected chi connectivity index (χ1v) is 4.41. The molecule has 4 nitrogen and oxygen atoms in total. The van der Waals surface area contributed by atoms with E-state index in [-0.39, 0.29) is 5.91 Å². The van der Waals surface area contributed by atoms with Gasteiger partial charge in [0.15, 0.2) is 0 Å². The first-order valence-electron chi connectivity index (χ1n) is 4.41. The second-order valence-corrected chi connectivity index (χ2v) is 2.85. The molecule has 0 radical (unpaired) electrons. The van der Waals surface area contributed by atoms with E-state index in [1.54, 1.807) is 0 Å². The Morgan fingerprint density at radius 1 is 1.33 bits per heavy atom. The number of hydrogen-bond donors (Lipinski definition) is 2. The van der Waals surface area contributed by atoms with Crippen LogP contribution in [-0.4, -0.2) is 37.0 Å². The maximum atomic E-state index is 10.5. The Kier molecular flexibility index (Phi) is 6.70. The highest BCUT2D eigenvalue weighted by Gasteiger charge is 2.03. The minimum Gasteiger partial charge on any atom is -0.370 e. The lowest BCUT2D eigenvalue weighted by molar-refractivity contribution is -0.118. The normalized spacial score (nSPS) is 10.6. The highest BCUT2D eigenvalue weighted by atomic mass is 16.1. The summed E-state index contributed by atoms with van der Waals surface area (Å²) in [5, 5.41) is 0. The van der Waals surface area contributed by atoms with Gasteiger partial charge in [-0.05, 0) is 13.0 Å². The zero-order valence-corrected chi connectivity index (χ0v) is 7.75. The van der Waals surface area contributed by atoms with E-state index in [0.29, 0.717) is 13.0 Å². The van der Waals surface area contributed by atoms with Crippen molar-refractivity contribution in [3.8, 4) is 0 Å². The monoisotopic (exact) mass is 173 g/mol. The van der Waals surface area contributed by atoms with Crippen molar-refractivity contribution in [2.24, 2.45) is 11.5 Å². The van der Waals surface area contributed by atoms with E-state index in [4.69, 9.17) is 11.5 Å². The van der Waals surface area contributed by atoms with Crippen LogP contribution in [0.25, 0.3) is 0 Å². The number of nitrogens with two attached hydrogens (primary N) is 2. The molecular formula is C8H19N3O. The molecule has 4 N–H and O–H groups in total. The number of rotatable bonds is 7. The largest absolute Gasteiger partial charge is 0.370 e. The maximum Gasteiger partial charge on any atom is 0.218 e. The van der Waals surface area contributed by atoms with Crippen LogP contribution in [0.15, 0.2) is 0 Å². The summed E-state index contributed by atoms with van der Waals surface area (Å²) in [4.78, 5) is 12.6. The summed E-state index contributed by atoms with van der Waals surface area (Å²) in [7, 11) is 0. The van der Waals surface area contributed by atoms with Crippen LogP contribution in [-0.2, 0) is 4.79 Å². The fraction of sp³-hybridized carbons (Fsp3) is 0.875. The van der Waals surface area contributed by atoms with Gasteiger partial charge in [0.05, 0.1) is 0 Å². The molecule has 1 amide bonds. The smallest absolute Gasteiger partial charge is 0.218 e. The zero-order valence-electron chi connectivity index (χ0n) is 7.75. The van der Waals surface area contributed by atoms with Crippen LogP contribution in [0.2, 0.25) is 0 Å². The maximum absolute atomic E-state index is 10.5. The Bertz CT molecular complexity index is 121. The average molecular weight is 173 g/mol. The molecule has 0 fully saturated rings. The molecule has 0 aromatic rings. The standard InChI is InChI=1S/C8H19N3O/c1-2-5-11(7-4-9)6-3-8(10)12/h2-7,9H2,1H3,(H2,10,12). The van der Waals surface area contributed by atoms with Crippen molar-refractivity contribution in [2.75, 3.05) is 26.2 Å². The Hall–Kier alpha value is -0.610. The summed E-state index contributed by atoms with van der Waals surface area (Å²) >= 11 is 0. The van der Waals surface area contributed by atoms with Gasteiger partial charge >= 0.3 is 0 Å². The van der Waals surface area contributed by atoms with Crippen molar-refractivity contribution >= 4 is 5.91 Å². The van der Waals surface area contributed by atoms with Crippen molar-refractivity contribution in [2.45, 2.75) is 19.8 Å². The Morgan fingerprint density at radius 2 is 2.00 bits per heavy atom. The fourth-order valence-corrected chi connectivity index (χ4v) is 1.10. The molecular weight excluding hydrogens is 154 g/mol. The van der Waals surface area contributed by atoms with Crippen molar-refractivity contribution < 1.29 is 4.79 Å². The van der Waals surface area contributed by atoms with E-state index >= 15 is 0 Å². The lowest BCUT2D eigenvalue weighted by atomic mass is 10.3. The lowest BCUT2D eigenvalue weighted by Gasteiger charge is -2.19. The summed E-state index contributed by atoms with van der Waals surface area (Å²) in [5.41, 5.74) is 10.4. The third kappa shape index (κ3) is 6.12. The molecule has 0 unspecified atom stereocenters. The minimum atomic E-state index is -0.242. The number of carbonyl (C=O) groups excluding carboxylic acids is 1. The van der Waals surface area contributed by atoms with Crippen LogP contribution in [0.1, 0.15) is 19.8 Å². The van der Waals surface area contributed by atoms with Gasteiger partial charge in [0.1, 0.15) is 0 Å². The Balaban J connectivity index is 3.54. The molecule has 0 atom stereocenters. The topological polar surface area (TPSA) is 72.3 Å². The van der Waals surface area contributed by atoms with E-state index in [1.807, 2.05) is 0 Å². The van der Waals surface area contributed by atoms with Crippen LogP contribution < -0.4 is 11.5 Å². The molecule has 0 rings (SSSR count). The third-order valence-electron chi connectivity index (χ3n) is 1.66. The van der Waals surface area contributed by atoms with Gasteiger partial charge in [0, 0.05) is 26.1 Å². The molecule has 0 aromatic heterocycles. The molecule has 0 saturated heterocycles. The highest BCUT2D eigenvalue weighted by molar-refractivity contribution is 5.73. The lowest BCUT2D eigenvalue weighted by Crippen LogP contribution is -2.33. The van der Waals surface area contributed by atoms with Crippen molar-refractivity contribution in [1.82, 2.24) is 4.90 Å². The van der Waals surface area contributed by atoms with Gasteiger partial charge in [0.25, 0.3) is 0 Å². The van der Waals surface area contributed by atoms with Crippen LogP contribution in [0.4, 0.5) is 0 Å². The second-order valence-electron chi connectivity index (χ2n) is 2.85. The molecule has 12 heavy (non-hydrogen) atoms. The molecule has 0 aliphatic heterocycles. The molecule has 4 heteroatoms. The summed E-state index contributed by atoms with van der Waals surface area (Å²) in [6.07, 6.45) is 1.51. The van der Waals surface area contributed by atoms with E-state index in [9.17, 15) is 4.79 Å². The molecule has 0 aromatic carbocycles. The summed E-state index contributed by atoms with van der Waals surface area (Å²) in [6, 6.07) is 0. The number of amides is 1. The molecule has 72 valence electrons. The molecule has 0 aliphatic carbocycles. The van der Waals surface area contributed by atoms with Crippen molar-refractivity contribution in [3.05, 3.63) is 0 Å². The average Bonchev–Trinajstić information content (AvgIpc) is 2.01. The predicted octanol–water partition coefficient (Wildman–Crippen LogP) is -0.467. The molecule has 0 aliphatic rings. The number of primary amides is 1. The van der Waals surface area contributed by atoms with Gasteiger partial charge in [-0.15, -0.1) is 0 Å². The molecule has 0 spiro atoms. The van der Waals surface area contributed by atoms with Crippen LogP contribution >= 0.6 is 0 Å². The highest BCUT2D eigenvalue weighted by Crippen LogP contribution is 1.92. The fourth-order valence-electron chi connectivity index (χ4n) is 1.10. The summed E-state index contributed by atoms with van der Waals surface area (Å²) in [5.74, 6) is -0.242. The minimum absolute atomic E-state index is 0.242. The van der Waals surface area contributed by atoms with Crippen molar-refractivity contribution in [1.29, 1.82) is 0 Å². The third-order valence-corrected chi connectivity index (χ3v) is 1.66. The van der Waals surface area contributed by atoms with Gasteiger partial charge in [-0.2, -0.15) is 0 Å². The van der Waals surface area contributed by atoms with E-state index in [1.165, 1.54) is 0 Å². The Morgan fingerprint density at radius 3 is 2.42 bits per heavy atom. The molecule has 0 saturated carbocycles. The first-order chi connectivity index (χ1) is 5.70. The van der Waals surface area contributed by atoms with Gasteiger partial charge in [-0.25, -0.2) is 0 Å². The number of carbonyl (C=O) groups is 1. The van der Waals surface area contributed by atoms with Gasteiger partial charge in [-0.3, -0.25) is 4.79 Å². The van der Waals surface area contributed by atoms with Crippen LogP contribution in [0, 0.1) is 0 Å². The number of hydrogen-bond acceptors (Lipinski definition) is 3. The van der Waals surface area contributed by atoms with Gasteiger partial charge < -0.3 is 16.4 Å². The van der Waals surface area contributed by atoms with Gasteiger partial charge in [-0.1, -0.05) is 6.92 Å². The number of nitrogens with zero attached hydrogens (tertiary/aromatic N) is 1. The summed E-state index contributed by atoms with van der Waals surface area (Å²) in [6.45, 7) is 5.32. The zero-order chi connectivity index (χ0) is 9.40. The van der Waals surface area contributed by atoms with E-state index in [2.05, 4.69) is 11.8 Å². The SMILES string of the molecule is CCCN(CCN)CCC(N)=O. The van der Waals surface area contributed by atoms with Crippen molar-refractivity contribution in [3.63, 3.8) is 0 Å². The second kappa shape index (κ2) is 7.06. The van der Waals surface area contributed by atoms with Crippen LogP contribution in [0.3, 0.4) is 0 Å². The van der Waals surface area contributed by atoms with E-state index in [0.717, 1.165) is 26.1 Å². The molecule has 0 heterocycles. The Labute approximate surface area is 73.9 Å².